The van der Waals surface area contributed by atoms with E-state index in [4.69, 9.17) is 14.5 Å². The van der Waals surface area contributed by atoms with E-state index in [1.165, 1.54) is 6.07 Å². The third kappa shape index (κ3) is 3.26. The lowest BCUT2D eigenvalue weighted by Crippen LogP contribution is -2.38. The minimum Gasteiger partial charge on any atom is -0.469 e. The molecule has 176 valence electrons. The van der Waals surface area contributed by atoms with Gasteiger partial charge in [0.25, 0.3) is 5.91 Å². The number of H-pyrrole nitrogens is 1. The van der Waals surface area contributed by atoms with Crippen LogP contribution in [0.3, 0.4) is 0 Å². The molecule has 1 saturated heterocycles. The first kappa shape index (κ1) is 20.4. The number of aromatic amines is 1. The number of benzene rings is 1. The number of rotatable bonds is 5. The zero-order valence-corrected chi connectivity index (χ0v) is 18.9. The highest BCUT2D eigenvalue weighted by Gasteiger charge is 2.48. The number of anilines is 2. The molecule has 0 radical (unpaired) electrons. The number of amides is 1. The van der Waals surface area contributed by atoms with E-state index in [0.29, 0.717) is 58.3 Å². The maximum absolute atomic E-state index is 14.3. The van der Waals surface area contributed by atoms with Crippen LogP contribution in [0.4, 0.5) is 15.8 Å². The number of pyridine rings is 2. The van der Waals surface area contributed by atoms with Gasteiger partial charge in [-0.2, -0.15) is 0 Å². The maximum atomic E-state index is 14.3. The second kappa shape index (κ2) is 7.51. The number of carbonyl (C=O) groups is 1. The summed E-state index contributed by atoms with van der Waals surface area (Å²) < 4.78 is 25.5. The molecule has 5 heterocycles. The number of hydrogen-bond acceptors (Lipinski definition) is 6. The normalized spacial score (nSPS) is 20.6. The molecule has 7 rings (SSSR count). The Hall–Kier alpha value is -3.98. The van der Waals surface area contributed by atoms with Crippen LogP contribution in [0.15, 0.2) is 42.6 Å². The Balaban J connectivity index is 1.41. The first-order valence-corrected chi connectivity index (χ1v) is 11.7. The number of nitrogens with one attached hydrogen (secondary N) is 3. The molecule has 9 heteroatoms. The number of carbonyl (C=O) groups excluding carboxylic acids is 1. The minimum atomic E-state index is -0.314. The van der Waals surface area contributed by atoms with E-state index in [2.05, 4.69) is 20.6 Å². The summed E-state index contributed by atoms with van der Waals surface area (Å²) >= 11 is 0. The molecule has 0 spiro atoms. The number of fused-ring (bicyclic) bond motifs is 4. The van der Waals surface area contributed by atoms with Gasteiger partial charge in [0.15, 0.2) is 0 Å². The highest BCUT2D eigenvalue weighted by Crippen LogP contribution is 2.50. The Morgan fingerprint density at radius 1 is 1.20 bits per heavy atom. The van der Waals surface area contributed by atoms with Crippen LogP contribution >= 0.6 is 0 Å². The zero-order chi connectivity index (χ0) is 23.7. The SMILES string of the molecule is Cc1c(F)cccc1Nc1c(-c2ccnc3ccc(OC4COC4)nc23)[nH]c2c1C(=O)N[C@H]1C[C@@H]21. The van der Waals surface area contributed by atoms with Crippen LogP contribution in [-0.2, 0) is 4.74 Å². The number of nitrogens with zero attached hydrogens (tertiary/aromatic N) is 2. The van der Waals surface area contributed by atoms with E-state index < -0.39 is 0 Å². The average Bonchev–Trinajstić information content (AvgIpc) is 3.50. The molecule has 1 aliphatic carbocycles. The predicted molar refractivity (Wildman–Crippen MR) is 128 cm³/mol. The predicted octanol–water partition coefficient (Wildman–Crippen LogP) is 4.19. The maximum Gasteiger partial charge on any atom is 0.255 e. The zero-order valence-electron chi connectivity index (χ0n) is 18.9. The molecule has 0 unspecified atom stereocenters. The van der Waals surface area contributed by atoms with Crippen molar-refractivity contribution in [2.24, 2.45) is 0 Å². The molecule has 1 amide bonds. The second-order valence-corrected chi connectivity index (χ2v) is 9.28. The van der Waals surface area contributed by atoms with Gasteiger partial charge in [0, 0.05) is 46.7 Å². The van der Waals surface area contributed by atoms with Gasteiger partial charge in [-0.05, 0) is 37.6 Å². The molecule has 0 bridgehead atoms. The monoisotopic (exact) mass is 471 g/mol. The van der Waals surface area contributed by atoms with Gasteiger partial charge in [-0.15, -0.1) is 0 Å². The number of halogens is 1. The van der Waals surface area contributed by atoms with E-state index in [9.17, 15) is 9.18 Å². The largest absolute Gasteiger partial charge is 0.469 e. The highest BCUT2D eigenvalue weighted by atomic mass is 19.1. The summed E-state index contributed by atoms with van der Waals surface area (Å²) in [6.45, 7) is 2.80. The Morgan fingerprint density at radius 2 is 2.09 bits per heavy atom. The van der Waals surface area contributed by atoms with Crippen molar-refractivity contribution < 1.29 is 18.7 Å². The highest BCUT2D eigenvalue weighted by molar-refractivity contribution is 6.09. The first-order chi connectivity index (χ1) is 17.1. The molecule has 3 N–H and O–H groups in total. The molecule has 4 aromatic rings. The fourth-order valence-corrected chi connectivity index (χ4v) is 4.88. The third-order valence-corrected chi connectivity index (χ3v) is 6.98. The Kier molecular flexibility index (Phi) is 4.38. The summed E-state index contributed by atoms with van der Waals surface area (Å²) in [6, 6.07) is 10.6. The van der Waals surface area contributed by atoms with Crippen molar-refractivity contribution >= 4 is 28.3 Å². The second-order valence-electron chi connectivity index (χ2n) is 9.28. The first-order valence-electron chi connectivity index (χ1n) is 11.7. The van der Waals surface area contributed by atoms with Gasteiger partial charge in [0.05, 0.1) is 35.7 Å². The lowest BCUT2D eigenvalue weighted by molar-refractivity contribution is -0.0812. The molecule has 2 fully saturated rings. The summed E-state index contributed by atoms with van der Waals surface area (Å²) in [4.78, 5) is 25.9. The van der Waals surface area contributed by atoms with Gasteiger partial charge in [0.2, 0.25) is 5.88 Å². The Bertz CT molecular complexity index is 1510. The molecular formula is C26H22FN5O3. The molecular weight excluding hydrogens is 449 g/mol. The summed E-state index contributed by atoms with van der Waals surface area (Å²) in [5, 5.41) is 6.43. The average molecular weight is 471 g/mol. The van der Waals surface area contributed by atoms with Gasteiger partial charge in [-0.3, -0.25) is 9.78 Å². The molecule has 3 aromatic heterocycles. The van der Waals surface area contributed by atoms with Crippen LogP contribution in [0.5, 0.6) is 5.88 Å². The molecule has 35 heavy (non-hydrogen) atoms. The van der Waals surface area contributed by atoms with Crippen molar-refractivity contribution in [3.63, 3.8) is 0 Å². The van der Waals surface area contributed by atoms with Crippen molar-refractivity contribution in [2.75, 3.05) is 18.5 Å². The Morgan fingerprint density at radius 3 is 2.91 bits per heavy atom. The van der Waals surface area contributed by atoms with E-state index in [-0.39, 0.29) is 29.8 Å². The van der Waals surface area contributed by atoms with Crippen molar-refractivity contribution in [1.82, 2.24) is 20.3 Å². The summed E-state index contributed by atoms with van der Waals surface area (Å²) in [7, 11) is 0. The molecule has 2 aliphatic heterocycles. The fourth-order valence-electron chi connectivity index (χ4n) is 4.88. The van der Waals surface area contributed by atoms with E-state index in [1.807, 2.05) is 12.1 Å². The number of ether oxygens (including phenoxy) is 2. The van der Waals surface area contributed by atoms with E-state index >= 15 is 0 Å². The van der Waals surface area contributed by atoms with Crippen molar-refractivity contribution in [1.29, 1.82) is 0 Å². The summed E-state index contributed by atoms with van der Waals surface area (Å²) in [6.07, 6.45) is 2.60. The van der Waals surface area contributed by atoms with Crippen LogP contribution in [0.25, 0.3) is 22.3 Å². The third-order valence-electron chi connectivity index (χ3n) is 6.98. The summed E-state index contributed by atoms with van der Waals surface area (Å²) in [5.74, 6) is 0.277. The number of hydrogen-bond donors (Lipinski definition) is 3. The Labute approximate surface area is 199 Å². The topological polar surface area (TPSA) is 101 Å². The van der Waals surface area contributed by atoms with Gasteiger partial charge in [-0.25, -0.2) is 9.37 Å². The fraction of sp³-hybridized carbons (Fsp3) is 0.269. The van der Waals surface area contributed by atoms with Crippen molar-refractivity contribution in [2.45, 2.75) is 31.4 Å². The quantitative estimate of drug-likeness (QED) is 0.404. The lowest BCUT2D eigenvalue weighted by atomic mass is 10.0. The van der Waals surface area contributed by atoms with Crippen molar-refractivity contribution in [3.8, 4) is 17.1 Å². The number of aromatic nitrogens is 3. The molecule has 3 aliphatic rings. The molecule has 2 atom stereocenters. The van der Waals surface area contributed by atoms with Crippen LogP contribution in [0, 0.1) is 12.7 Å². The molecule has 1 saturated carbocycles. The van der Waals surface area contributed by atoms with Crippen LogP contribution in [0.2, 0.25) is 0 Å². The summed E-state index contributed by atoms with van der Waals surface area (Å²) in [5.41, 5.74) is 5.98. The van der Waals surface area contributed by atoms with Gasteiger partial charge >= 0.3 is 0 Å². The molecule has 8 nitrogen and oxygen atoms in total. The van der Waals surface area contributed by atoms with Crippen LogP contribution < -0.4 is 15.4 Å². The van der Waals surface area contributed by atoms with E-state index in [1.54, 1.807) is 31.3 Å². The standard InChI is InChI=1S/C26H22FN5O3/c1-12-16(27)3-2-4-17(12)29-25-21-23(15-9-19(15)30-26(21)33)32-24(25)14-7-8-28-18-5-6-20(31-22(14)18)35-13-10-34-11-13/h2-8,13,15,19,29,32H,9-11H2,1H3,(H,30,33)/t15-,19+/m1/s1. The lowest BCUT2D eigenvalue weighted by Gasteiger charge is -2.26. The van der Waals surface area contributed by atoms with Crippen molar-refractivity contribution in [3.05, 3.63) is 65.2 Å². The van der Waals surface area contributed by atoms with Crippen LogP contribution in [0.1, 0.15) is 34.0 Å². The minimum absolute atomic E-state index is 0.0125. The smallest absolute Gasteiger partial charge is 0.255 e. The van der Waals surface area contributed by atoms with Gasteiger partial charge in [-0.1, -0.05) is 6.07 Å². The van der Waals surface area contributed by atoms with Gasteiger partial charge < -0.3 is 25.1 Å². The van der Waals surface area contributed by atoms with Gasteiger partial charge in [0.1, 0.15) is 17.4 Å². The van der Waals surface area contributed by atoms with E-state index in [0.717, 1.165) is 17.7 Å². The van der Waals surface area contributed by atoms with Crippen LogP contribution in [-0.4, -0.2) is 46.2 Å². The molecule has 1 aromatic carbocycles.